The first-order valence-corrected chi connectivity index (χ1v) is 11.2. The van der Waals surface area contributed by atoms with Gasteiger partial charge in [0, 0.05) is 67.8 Å². The molecule has 0 aliphatic carbocycles. The Morgan fingerprint density at radius 1 is 0.912 bits per heavy atom. The average Bonchev–Trinajstić information content (AvgIpc) is 2.91. The molecule has 8 nitrogen and oxygen atoms in total. The van der Waals surface area contributed by atoms with Crippen molar-refractivity contribution in [3.05, 3.63) is 90.5 Å². The summed E-state index contributed by atoms with van der Waals surface area (Å²) in [6, 6.07) is 17.3. The number of amides is 1. The van der Waals surface area contributed by atoms with Crippen LogP contribution in [0, 0.1) is 6.92 Å². The number of rotatable bonds is 5. The maximum atomic E-state index is 13.2. The topological polar surface area (TPSA) is 87.1 Å². The van der Waals surface area contributed by atoms with E-state index in [0.29, 0.717) is 24.6 Å². The van der Waals surface area contributed by atoms with Gasteiger partial charge in [0.2, 0.25) is 5.95 Å². The lowest BCUT2D eigenvalue weighted by atomic mass is 10.1. The minimum atomic E-state index is 0.0220. The van der Waals surface area contributed by atoms with Crippen LogP contribution in [0.1, 0.15) is 15.9 Å². The zero-order chi connectivity index (χ0) is 23.3. The molecule has 0 atom stereocenters. The van der Waals surface area contributed by atoms with Gasteiger partial charge < -0.3 is 15.1 Å². The first-order chi connectivity index (χ1) is 16.7. The monoisotopic (exact) mass is 451 g/mol. The fourth-order valence-corrected chi connectivity index (χ4v) is 3.97. The molecule has 0 unspecified atom stereocenters. The van der Waals surface area contributed by atoms with Gasteiger partial charge in [-0.1, -0.05) is 12.1 Å². The number of nitrogens with one attached hydrogen (secondary N) is 1. The van der Waals surface area contributed by atoms with Crippen LogP contribution >= 0.6 is 0 Å². The Morgan fingerprint density at radius 3 is 2.56 bits per heavy atom. The summed E-state index contributed by atoms with van der Waals surface area (Å²) in [5.41, 5.74) is 4.15. The Balaban J connectivity index is 1.29. The van der Waals surface area contributed by atoms with Crippen molar-refractivity contribution in [1.29, 1.82) is 0 Å². The molecule has 0 bridgehead atoms. The smallest absolute Gasteiger partial charge is 0.254 e. The number of hydrogen-bond donors (Lipinski definition) is 1. The minimum absolute atomic E-state index is 0.0220. The fourth-order valence-electron chi connectivity index (χ4n) is 3.97. The van der Waals surface area contributed by atoms with E-state index >= 15 is 0 Å². The summed E-state index contributed by atoms with van der Waals surface area (Å²) in [4.78, 5) is 34.9. The molecule has 1 aromatic carbocycles. The third-order valence-corrected chi connectivity index (χ3v) is 5.88. The third-order valence-electron chi connectivity index (χ3n) is 5.88. The highest BCUT2D eigenvalue weighted by Gasteiger charge is 2.23. The molecule has 4 aromatic rings. The summed E-state index contributed by atoms with van der Waals surface area (Å²) in [6.07, 6.45) is 7.01. The van der Waals surface area contributed by atoms with E-state index in [-0.39, 0.29) is 5.91 Å². The van der Waals surface area contributed by atoms with Crippen molar-refractivity contribution in [3.63, 3.8) is 0 Å². The quantitative estimate of drug-likeness (QED) is 0.492. The molecule has 1 saturated heterocycles. The highest BCUT2D eigenvalue weighted by molar-refractivity contribution is 5.95. The molecule has 1 N–H and O–H groups in total. The van der Waals surface area contributed by atoms with E-state index in [0.717, 1.165) is 41.4 Å². The predicted molar refractivity (Wildman–Crippen MR) is 132 cm³/mol. The van der Waals surface area contributed by atoms with Gasteiger partial charge >= 0.3 is 0 Å². The Kier molecular flexibility index (Phi) is 6.11. The van der Waals surface area contributed by atoms with Crippen LogP contribution in [0.25, 0.3) is 11.3 Å². The first kappa shape index (κ1) is 21.5. The van der Waals surface area contributed by atoms with E-state index in [1.54, 1.807) is 24.8 Å². The molecule has 4 heterocycles. The standard InChI is InChI=1S/C26H25N7O/c1-19-7-8-20(25(34)33-15-13-32(14-16-33)24-6-2-3-11-28-24)17-23(19)31-26-29-12-9-22(30-26)21-5-4-10-27-18-21/h2-12,17-18H,13-16H2,1H3,(H,29,30,31). The van der Waals surface area contributed by atoms with E-state index in [1.807, 2.05) is 66.4 Å². The van der Waals surface area contributed by atoms with E-state index in [1.165, 1.54) is 0 Å². The third kappa shape index (κ3) is 4.71. The van der Waals surface area contributed by atoms with Gasteiger partial charge in [-0.2, -0.15) is 0 Å². The van der Waals surface area contributed by atoms with Crippen molar-refractivity contribution >= 4 is 23.4 Å². The first-order valence-electron chi connectivity index (χ1n) is 11.2. The number of anilines is 3. The van der Waals surface area contributed by atoms with Crippen LogP contribution in [-0.4, -0.2) is 56.9 Å². The van der Waals surface area contributed by atoms with Gasteiger partial charge in [-0.05, 0) is 55.0 Å². The zero-order valence-corrected chi connectivity index (χ0v) is 18.9. The number of carbonyl (C=O) groups excluding carboxylic acids is 1. The summed E-state index contributed by atoms with van der Waals surface area (Å²) in [5, 5.41) is 3.28. The lowest BCUT2D eigenvalue weighted by molar-refractivity contribution is 0.0746. The molecule has 3 aromatic heterocycles. The summed E-state index contributed by atoms with van der Waals surface area (Å²) in [5.74, 6) is 1.44. The van der Waals surface area contributed by atoms with Crippen LogP contribution in [0.15, 0.2) is 79.4 Å². The van der Waals surface area contributed by atoms with Crippen LogP contribution in [0.4, 0.5) is 17.5 Å². The van der Waals surface area contributed by atoms with Crippen LogP contribution in [0.3, 0.4) is 0 Å². The minimum Gasteiger partial charge on any atom is -0.353 e. The van der Waals surface area contributed by atoms with Gasteiger partial charge in [-0.25, -0.2) is 15.0 Å². The molecule has 1 fully saturated rings. The van der Waals surface area contributed by atoms with Crippen molar-refractivity contribution < 1.29 is 4.79 Å². The number of piperazine rings is 1. The molecule has 1 aliphatic heterocycles. The Morgan fingerprint density at radius 2 is 1.79 bits per heavy atom. The molecule has 1 amide bonds. The average molecular weight is 452 g/mol. The summed E-state index contributed by atoms with van der Waals surface area (Å²) < 4.78 is 0. The van der Waals surface area contributed by atoms with Crippen LogP contribution in [0.2, 0.25) is 0 Å². The van der Waals surface area contributed by atoms with Gasteiger partial charge in [0.25, 0.3) is 5.91 Å². The Labute approximate surface area is 198 Å². The van der Waals surface area contributed by atoms with Gasteiger partial charge in [0.15, 0.2) is 0 Å². The molecule has 0 saturated carbocycles. The molecule has 0 radical (unpaired) electrons. The van der Waals surface area contributed by atoms with Crippen molar-refractivity contribution in [3.8, 4) is 11.3 Å². The number of carbonyl (C=O) groups is 1. The van der Waals surface area contributed by atoms with Crippen LogP contribution in [-0.2, 0) is 0 Å². The van der Waals surface area contributed by atoms with E-state index in [9.17, 15) is 4.79 Å². The summed E-state index contributed by atoms with van der Waals surface area (Å²) in [6.45, 7) is 4.82. The molecule has 34 heavy (non-hydrogen) atoms. The molecule has 5 rings (SSSR count). The maximum Gasteiger partial charge on any atom is 0.254 e. The van der Waals surface area contributed by atoms with Crippen molar-refractivity contribution in [1.82, 2.24) is 24.8 Å². The molecule has 0 spiro atoms. The Hall–Kier alpha value is -4.33. The van der Waals surface area contributed by atoms with Crippen molar-refractivity contribution in [2.75, 3.05) is 36.4 Å². The molecule has 8 heteroatoms. The molecule has 1 aliphatic rings. The SMILES string of the molecule is Cc1ccc(C(=O)N2CCN(c3ccccn3)CC2)cc1Nc1nccc(-c2cccnc2)n1. The zero-order valence-electron chi connectivity index (χ0n) is 18.9. The normalized spacial score (nSPS) is 13.6. The van der Waals surface area contributed by atoms with E-state index < -0.39 is 0 Å². The highest BCUT2D eigenvalue weighted by atomic mass is 16.2. The lowest BCUT2D eigenvalue weighted by Gasteiger charge is -2.35. The second-order valence-electron chi connectivity index (χ2n) is 8.13. The number of benzene rings is 1. The van der Waals surface area contributed by atoms with Gasteiger partial charge in [0.05, 0.1) is 5.69 Å². The van der Waals surface area contributed by atoms with E-state index in [2.05, 4.69) is 30.2 Å². The van der Waals surface area contributed by atoms with Crippen LogP contribution < -0.4 is 10.2 Å². The fraction of sp³-hybridized carbons (Fsp3) is 0.192. The van der Waals surface area contributed by atoms with Crippen molar-refractivity contribution in [2.45, 2.75) is 6.92 Å². The molecular weight excluding hydrogens is 426 g/mol. The number of aryl methyl sites for hydroxylation is 1. The highest BCUT2D eigenvalue weighted by Crippen LogP contribution is 2.23. The predicted octanol–water partition coefficient (Wildman–Crippen LogP) is 3.95. The molecule has 170 valence electrons. The lowest BCUT2D eigenvalue weighted by Crippen LogP contribution is -2.49. The summed E-state index contributed by atoms with van der Waals surface area (Å²) >= 11 is 0. The largest absolute Gasteiger partial charge is 0.353 e. The van der Waals surface area contributed by atoms with Gasteiger partial charge in [-0.15, -0.1) is 0 Å². The second kappa shape index (κ2) is 9.66. The summed E-state index contributed by atoms with van der Waals surface area (Å²) in [7, 11) is 0. The van der Waals surface area contributed by atoms with Gasteiger partial charge in [-0.3, -0.25) is 9.78 Å². The number of nitrogens with zero attached hydrogens (tertiary/aromatic N) is 6. The van der Waals surface area contributed by atoms with Crippen molar-refractivity contribution in [2.24, 2.45) is 0 Å². The molecular formula is C26H25N7O. The Bertz CT molecular complexity index is 1270. The van der Waals surface area contributed by atoms with Gasteiger partial charge in [0.1, 0.15) is 5.82 Å². The van der Waals surface area contributed by atoms with E-state index in [4.69, 9.17) is 0 Å². The van der Waals surface area contributed by atoms with Crippen LogP contribution in [0.5, 0.6) is 0 Å². The number of hydrogen-bond acceptors (Lipinski definition) is 7. The number of aromatic nitrogens is 4. The maximum absolute atomic E-state index is 13.2. The second-order valence-corrected chi connectivity index (χ2v) is 8.13. The number of pyridine rings is 2.